The van der Waals surface area contributed by atoms with Crippen LogP contribution in [0.15, 0.2) is 41.5 Å². The van der Waals surface area contributed by atoms with E-state index >= 15 is 0 Å². The number of halogens is 4. The third-order valence-electron chi connectivity index (χ3n) is 5.31. The number of fused-ring (bicyclic) bond motifs is 1. The van der Waals surface area contributed by atoms with Crippen LogP contribution in [0.25, 0.3) is 0 Å². The molecule has 1 amide bonds. The summed E-state index contributed by atoms with van der Waals surface area (Å²) < 4.78 is 48.5. The number of amides is 1. The maximum atomic E-state index is 14.7. The number of carbonyl (C=O) groups is 1. The van der Waals surface area contributed by atoms with Gasteiger partial charge in [-0.15, -0.1) is 0 Å². The van der Waals surface area contributed by atoms with Gasteiger partial charge in [0.1, 0.15) is 17.6 Å². The minimum absolute atomic E-state index is 0.0630. The third-order valence-corrected chi connectivity index (χ3v) is 5.53. The SMILES string of the molecule is C[C@H]1C2[C@H]1OC(N)=N[C@]2(c1cc(NC(=O)c2ccc(Cl)cn2)ccc1F)C(F)F. The average molecular weight is 425 g/mol. The number of nitrogens with zero attached hydrogens (tertiary/aromatic N) is 2. The number of aromatic nitrogens is 1. The lowest BCUT2D eigenvalue weighted by molar-refractivity contribution is 0.0168. The van der Waals surface area contributed by atoms with Crippen molar-refractivity contribution in [2.24, 2.45) is 22.6 Å². The highest BCUT2D eigenvalue weighted by Crippen LogP contribution is 2.59. The normalized spacial score (nSPS) is 27.7. The largest absolute Gasteiger partial charge is 0.461 e. The molecule has 2 heterocycles. The number of benzene rings is 1. The predicted molar refractivity (Wildman–Crippen MR) is 100 cm³/mol. The van der Waals surface area contributed by atoms with Crippen molar-refractivity contribution in [3.8, 4) is 0 Å². The van der Waals surface area contributed by atoms with E-state index < -0.39 is 41.7 Å². The fourth-order valence-electron chi connectivity index (χ4n) is 3.85. The van der Waals surface area contributed by atoms with E-state index in [0.29, 0.717) is 5.02 Å². The van der Waals surface area contributed by atoms with Crippen LogP contribution in [-0.4, -0.2) is 29.4 Å². The van der Waals surface area contributed by atoms with E-state index in [-0.39, 0.29) is 22.9 Å². The van der Waals surface area contributed by atoms with Gasteiger partial charge >= 0.3 is 0 Å². The highest BCUT2D eigenvalue weighted by molar-refractivity contribution is 6.30. The van der Waals surface area contributed by atoms with Gasteiger partial charge in [-0.05, 0) is 30.3 Å². The standard InChI is InChI=1S/C19H16ClF3N4O2/c1-8-14-15(8)29-18(24)27-19(14,17(22)23)11-6-10(3-4-12(11)21)26-16(28)13-5-2-9(20)7-25-13/h2-8,14-15,17H,1H3,(H2,24,27)(H,26,28)/t8-,14?,15-,19-/m0/s1. The topological polar surface area (TPSA) is 89.6 Å². The Kier molecular flexibility index (Phi) is 4.65. The molecule has 4 atom stereocenters. The van der Waals surface area contributed by atoms with Crippen LogP contribution >= 0.6 is 11.6 Å². The van der Waals surface area contributed by atoms with Crippen LogP contribution in [-0.2, 0) is 10.3 Å². The Labute approximate surface area is 168 Å². The van der Waals surface area contributed by atoms with Crippen LogP contribution in [0.3, 0.4) is 0 Å². The van der Waals surface area contributed by atoms with Gasteiger partial charge in [-0.25, -0.2) is 23.1 Å². The molecule has 0 saturated heterocycles. The molecule has 152 valence electrons. The highest BCUT2D eigenvalue weighted by atomic mass is 35.5. The lowest BCUT2D eigenvalue weighted by atomic mass is 9.83. The summed E-state index contributed by atoms with van der Waals surface area (Å²) in [5.41, 5.74) is 3.25. The zero-order valence-electron chi connectivity index (χ0n) is 15.1. The minimum atomic E-state index is -3.03. The van der Waals surface area contributed by atoms with E-state index in [9.17, 15) is 18.0 Å². The first-order valence-electron chi connectivity index (χ1n) is 8.77. The number of alkyl halides is 2. The van der Waals surface area contributed by atoms with E-state index in [1.165, 1.54) is 24.4 Å². The summed E-state index contributed by atoms with van der Waals surface area (Å²) in [5.74, 6) is -2.47. The molecule has 10 heteroatoms. The van der Waals surface area contributed by atoms with Crippen molar-refractivity contribution in [3.05, 3.63) is 58.6 Å². The summed E-state index contributed by atoms with van der Waals surface area (Å²) in [5, 5.41) is 2.88. The summed E-state index contributed by atoms with van der Waals surface area (Å²) in [4.78, 5) is 20.1. The summed E-state index contributed by atoms with van der Waals surface area (Å²) in [6, 6.07) is 5.91. The van der Waals surface area contributed by atoms with Gasteiger partial charge in [-0.3, -0.25) is 4.79 Å². The van der Waals surface area contributed by atoms with E-state index in [0.717, 1.165) is 12.1 Å². The molecule has 4 rings (SSSR count). The minimum Gasteiger partial charge on any atom is -0.461 e. The van der Waals surface area contributed by atoms with Crippen molar-refractivity contribution in [3.63, 3.8) is 0 Å². The van der Waals surface area contributed by atoms with Crippen molar-refractivity contribution >= 4 is 29.2 Å². The second-order valence-electron chi connectivity index (χ2n) is 7.05. The second kappa shape index (κ2) is 6.91. The molecule has 2 aliphatic rings. The molecular weight excluding hydrogens is 409 g/mol. The van der Waals surface area contributed by atoms with E-state index in [2.05, 4.69) is 15.3 Å². The number of carbonyl (C=O) groups excluding carboxylic acids is 1. The first-order valence-corrected chi connectivity index (χ1v) is 9.15. The molecule has 0 radical (unpaired) electrons. The summed E-state index contributed by atoms with van der Waals surface area (Å²) >= 11 is 5.75. The summed E-state index contributed by atoms with van der Waals surface area (Å²) in [7, 11) is 0. The fourth-order valence-corrected chi connectivity index (χ4v) is 3.96. The number of amidine groups is 1. The maximum Gasteiger partial charge on any atom is 0.283 e. The number of nitrogens with two attached hydrogens (primary N) is 1. The number of hydrogen-bond acceptors (Lipinski definition) is 5. The summed E-state index contributed by atoms with van der Waals surface area (Å²) in [6.45, 7) is 1.72. The Hall–Kier alpha value is -2.81. The first kappa shape index (κ1) is 19.5. The predicted octanol–water partition coefficient (Wildman–Crippen LogP) is 3.57. The van der Waals surface area contributed by atoms with Crippen molar-refractivity contribution < 1.29 is 22.7 Å². The molecule has 2 aromatic rings. The number of ether oxygens (including phenoxy) is 1. The molecule has 1 aliphatic carbocycles. The van der Waals surface area contributed by atoms with E-state index in [1.54, 1.807) is 6.92 Å². The molecule has 0 spiro atoms. The Morgan fingerprint density at radius 2 is 2.10 bits per heavy atom. The van der Waals surface area contributed by atoms with Gasteiger partial charge in [0.15, 0.2) is 5.54 Å². The maximum absolute atomic E-state index is 14.7. The number of aliphatic imine (C=N–C) groups is 1. The number of pyridine rings is 1. The number of anilines is 1. The van der Waals surface area contributed by atoms with Gasteiger partial charge in [0.25, 0.3) is 18.4 Å². The molecule has 1 saturated carbocycles. The van der Waals surface area contributed by atoms with Gasteiger partial charge in [0.2, 0.25) is 0 Å². The average Bonchev–Trinajstić information content (AvgIpc) is 3.32. The molecule has 3 N–H and O–H groups in total. The van der Waals surface area contributed by atoms with Gasteiger partial charge in [0, 0.05) is 29.3 Å². The molecule has 1 fully saturated rings. The van der Waals surface area contributed by atoms with Crippen LogP contribution in [0.2, 0.25) is 5.02 Å². The molecule has 0 bridgehead atoms. The summed E-state index contributed by atoms with van der Waals surface area (Å²) in [6.07, 6.45) is -2.29. The Morgan fingerprint density at radius 3 is 2.76 bits per heavy atom. The van der Waals surface area contributed by atoms with Crippen molar-refractivity contribution in [1.82, 2.24) is 4.98 Å². The Morgan fingerprint density at radius 1 is 1.34 bits per heavy atom. The van der Waals surface area contributed by atoms with Crippen LogP contribution in [0.4, 0.5) is 18.9 Å². The van der Waals surface area contributed by atoms with Crippen LogP contribution in [0.5, 0.6) is 0 Å². The Balaban J connectivity index is 1.72. The van der Waals surface area contributed by atoms with Gasteiger partial charge in [-0.2, -0.15) is 0 Å². The monoisotopic (exact) mass is 424 g/mol. The third kappa shape index (κ3) is 3.19. The molecule has 29 heavy (non-hydrogen) atoms. The molecular formula is C19H16ClF3N4O2. The van der Waals surface area contributed by atoms with Crippen molar-refractivity contribution in [2.75, 3.05) is 5.32 Å². The molecule has 1 aliphatic heterocycles. The Bertz CT molecular complexity index is 1000. The van der Waals surface area contributed by atoms with Crippen LogP contribution < -0.4 is 11.1 Å². The van der Waals surface area contributed by atoms with E-state index in [4.69, 9.17) is 22.1 Å². The van der Waals surface area contributed by atoms with Crippen LogP contribution in [0, 0.1) is 17.7 Å². The van der Waals surface area contributed by atoms with Crippen molar-refractivity contribution in [2.45, 2.75) is 25.0 Å². The fraction of sp³-hybridized carbons (Fsp3) is 0.316. The highest BCUT2D eigenvalue weighted by Gasteiger charge is 2.68. The van der Waals surface area contributed by atoms with Crippen molar-refractivity contribution in [1.29, 1.82) is 0 Å². The number of rotatable bonds is 4. The van der Waals surface area contributed by atoms with Gasteiger partial charge < -0.3 is 15.8 Å². The first-order chi connectivity index (χ1) is 13.7. The van der Waals surface area contributed by atoms with Gasteiger partial charge in [-0.1, -0.05) is 18.5 Å². The zero-order valence-corrected chi connectivity index (χ0v) is 15.8. The van der Waals surface area contributed by atoms with Crippen LogP contribution in [0.1, 0.15) is 23.0 Å². The molecule has 6 nitrogen and oxygen atoms in total. The molecule has 1 unspecified atom stereocenters. The zero-order chi connectivity index (χ0) is 20.9. The number of hydrogen-bond donors (Lipinski definition) is 2. The lowest BCUT2D eigenvalue weighted by Crippen LogP contribution is -2.43. The van der Waals surface area contributed by atoms with E-state index in [1.807, 2.05) is 0 Å². The molecule has 1 aromatic carbocycles. The smallest absolute Gasteiger partial charge is 0.283 e. The molecule has 1 aromatic heterocycles. The second-order valence-corrected chi connectivity index (χ2v) is 7.49. The quantitative estimate of drug-likeness (QED) is 0.785. The van der Waals surface area contributed by atoms with Gasteiger partial charge in [0.05, 0.1) is 5.02 Å². The number of nitrogens with one attached hydrogen (secondary N) is 1. The lowest BCUT2D eigenvalue weighted by Gasteiger charge is -2.33.